The van der Waals surface area contributed by atoms with Gasteiger partial charge in [0.15, 0.2) is 0 Å². The Hall–Kier alpha value is -0.770. The lowest BCUT2D eigenvalue weighted by molar-refractivity contribution is 0.0511. The molecule has 4 nitrogen and oxygen atoms in total. The second-order valence-electron chi connectivity index (χ2n) is 5.60. The average Bonchev–Trinajstić information content (AvgIpc) is 2.90. The Kier molecular flexibility index (Phi) is 4.19. The van der Waals surface area contributed by atoms with Crippen LogP contribution in [0.15, 0.2) is 0 Å². The Morgan fingerprint density at radius 2 is 2.00 bits per heavy atom. The molecular weight excluding hydrogens is 206 g/mol. The van der Waals surface area contributed by atoms with Gasteiger partial charge >= 0.3 is 6.09 Å². The Morgan fingerprint density at radius 1 is 1.38 bits per heavy atom. The molecule has 1 aliphatic rings. The molecule has 0 aliphatic heterocycles. The maximum absolute atomic E-state index is 11.4. The number of carbonyl (C=O) groups is 1. The van der Waals surface area contributed by atoms with Gasteiger partial charge in [-0.05, 0) is 45.4 Å². The van der Waals surface area contributed by atoms with Crippen molar-refractivity contribution in [2.75, 3.05) is 20.3 Å². The molecule has 94 valence electrons. The number of hydrogen-bond acceptors (Lipinski definition) is 3. The number of hydrogen-bond donors (Lipinski definition) is 1. The molecule has 0 aromatic heterocycles. The first-order valence-electron chi connectivity index (χ1n) is 5.83. The van der Waals surface area contributed by atoms with Crippen molar-refractivity contribution in [2.45, 2.75) is 45.6 Å². The van der Waals surface area contributed by atoms with Gasteiger partial charge in [0.25, 0.3) is 0 Å². The van der Waals surface area contributed by atoms with E-state index in [1.54, 1.807) is 7.11 Å². The van der Waals surface area contributed by atoms with E-state index < -0.39 is 5.60 Å². The first-order chi connectivity index (χ1) is 7.37. The van der Waals surface area contributed by atoms with Gasteiger partial charge in [-0.25, -0.2) is 4.79 Å². The molecular formula is C12H23NO3. The molecule has 0 spiro atoms. The highest BCUT2D eigenvalue weighted by molar-refractivity contribution is 5.67. The minimum absolute atomic E-state index is 0.271. The zero-order chi connectivity index (χ0) is 12.2. The van der Waals surface area contributed by atoms with Crippen LogP contribution in [-0.2, 0) is 9.47 Å². The summed E-state index contributed by atoms with van der Waals surface area (Å²) in [5.41, 5.74) is -0.153. The molecule has 0 unspecified atom stereocenters. The summed E-state index contributed by atoms with van der Waals surface area (Å²) < 4.78 is 10.2. The molecule has 0 radical (unpaired) electrons. The van der Waals surface area contributed by atoms with E-state index in [1.807, 2.05) is 20.8 Å². The molecule has 1 fully saturated rings. The second-order valence-corrected chi connectivity index (χ2v) is 5.60. The number of carbonyl (C=O) groups excluding carboxylic acids is 1. The zero-order valence-electron chi connectivity index (χ0n) is 10.8. The minimum atomic E-state index is -0.423. The number of ether oxygens (including phenoxy) is 2. The summed E-state index contributed by atoms with van der Waals surface area (Å²) in [5, 5.41) is 2.83. The van der Waals surface area contributed by atoms with E-state index in [0.717, 1.165) is 13.0 Å². The van der Waals surface area contributed by atoms with Crippen LogP contribution in [0.1, 0.15) is 40.0 Å². The van der Waals surface area contributed by atoms with Crippen molar-refractivity contribution in [3.63, 3.8) is 0 Å². The van der Waals surface area contributed by atoms with Crippen LogP contribution in [0.5, 0.6) is 0 Å². The summed E-state index contributed by atoms with van der Waals surface area (Å²) >= 11 is 0. The van der Waals surface area contributed by atoms with E-state index in [1.165, 1.54) is 12.8 Å². The fourth-order valence-electron chi connectivity index (χ4n) is 1.58. The highest BCUT2D eigenvalue weighted by Crippen LogP contribution is 2.48. The fraction of sp³-hybridized carbons (Fsp3) is 0.917. The first-order valence-corrected chi connectivity index (χ1v) is 5.83. The van der Waals surface area contributed by atoms with Crippen LogP contribution in [0.25, 0.3) is 0 Å². The summed E-state index contributed by atoms with van der Waals surface area (Å²) in [7, 11) is 1.71. The van der Waals surface area contributed by atoms with Crippen LogP contribution in [-0.4, -0.2) is 32.0 Å². The monoisotopic (exact) mass is 229 g/mol. The van der Waals surface area contributed by atoms with Gasteiger partial charge < -0.3 is 14.8 Å². The summed E-state index contributed by atoms with van der Waals surface area (Å²) in [6.07, 6.45) is 3.04. The lowest BCUT2D eigenvalue weighted by Gasteiger charge is -2.21. The van der Waals surface area contributed by atoms with Crippen molar-refractivity contribution in [2.24, 2.45) is 5.41 Å². The van der Waals surface area contributed by atoms with Crippen molar-refractivity contribution >= 4 is 6.09 Å². The van der Waals surface area contributed by atoms with Gasteiger partial charge in [-0.1, -0.05) is 0 Å². The smallest absolute Gasteiger partial charge is 0.407 e. The van der Waals surface area contributed by atoms with E-state index in [2.05, 4.69) is 5.32 Å². The molecule has 1 saturated carbocycles. The Morgan fingerprint density at radius 3 is 2.44 bits per heavy atom. The summed E-state index contributed by atoms with van der Waals surface area (Å²) in [5.74, 6) is 0. The number of rotatable bonds is 5. The van der Waals surface area contributed by atoms with Gasteiger partial charge in [0, 0.05) is 20.3 Å². The minimum Gasteiger partial charge on any atom is -0.444 e. The third-order valence-corrected chi connectivity index (χ3v) is 2.80. The van der Waals surface area contributed by atoms with Crippen LogP contribution in [0, 0.1) is 5.41 Å². The molecule has 0 aromatic rings. The predicted octanol–water partition coefficient (Wildman–Crippen LogP) is 2.33. The van der Waals surface area contributed by atoms with E-state index in [-0.39, 0.29) is 11.5 Å². The highest BCUT2D eigenvalue weighted by atomic mass is 16.6. The molecule has 0 heterocycles. The third-order valence-electron chi connectivity index (χ3n) is 2.80. The maximum atomic E-state index is 11.4. The van der Waals surface area contributed by atoms with E-state index in [9.17, 15) is 4.79 Å². The van der Waals surface area contributed by atoms with Crippen LogP contribution in [0.2, 0.25) is 0 Å². The normalized spacial score (nSPS) is 18.0. The van der Waals surface area contributed by atoms with Gasteiger partial charge in [0.2, 0.25) is 0 Å². The second kappa shape index (κ2) is 5.04. The quantitative estimate of drug-likeness (QED) is 0.787. The lowest BCUT2D eigenvalue weighted by atomic mass is 10.0. The molecule has 16 heavy (non-hydrogen) atoms. The standard InChI is InChI=1S/C12H23NO3/c1-11(2,3)16-10(14)13-9-12(5-6-12)7-8-15-4/h5-9H2,1-4H3,(H,13,14). The Bertz CT molecular complexity index is 241. The van der Waals surface area contributed by atoms with Crippen molar-refractivity contribution in [3.8, 4) is 0 Å². The molecule has 1 amide bonds. The summed E-state index contributed by atoms with van der Waals surface area (Å²) in [6, 6.07) is 0. The number of nitrogens with one attached hydrogen (secondary N) is 1. The lowest BCUT2D eigenvalue weighted by Crippen LogP contribution is -2.36. The van der Waals surface area contributed by atoms with Gasteiger partial charge in [-0.3, -0.25) is 0 Å². The van der Waals surface area contributed by atoms with Gasteiger partial charge in [-0.2, -0.15) is 0 Å². The molecule has 0 aromatic carbocycles. The average molecular weight is 229 g/mol. The fourth-order valence-corrected chi connectivity index (χ4v) is 1.58. The largest absolute Gasteiger partial charge is 0.444 e. The van der Waals surface area contributed by atoms with E-state index in [0.29, 0.717) is 6.54 Å². The van der Waals surface area contributed by atoms with Crippen LogP contribution >= 0.6 is 0 Å². The number of methoxy groups -OCH3 is 1. The van der Waals surface area contributed by atoms with Crippen molar-refractivity contribution < 1.29 is 14.3 Å². The van der Waals surface area contributed by atoms with Gasteiger partial charge in [0.1, 0.15) is 5.60 Å². The molecule has 4 heteroatoms. The van der Waals surface area contributed by atoms with Crippen molar-refractivity contribution in [1.82, 2.24) is 5.32 Å². The van der Waals surface area contributed by atoms with Crippen LogP contribution < -0.4 is 5.32 Å². The molecule has 0 bridgehead atoms. The molecule has 0 saturated heterocycles. The number of alkyl carbamates (subject to hydrolysis) is 1. The molecule has 1 rings (SSSR count). The summed E-state index contributed by atoms with van der Waals surface area (Å²) in [4.78, 5) is 11.4. The summed E-state index contributed by atoms with van der Waals surface area (Å²) in [6.45, 7) is 7.06. The van der Waals surface area contributed by atoms with Crippen molar-refractivity contribution in [1.29, 1.82) is 0 Å². The predicted molar refractivity (Wildman–Crippen MR) is 62.4 cm³/mol. The van der Waals surface area contributed by atoms with Gasteiger partial charge in [0.05, 0.1) is 0 Å². The van der Waals surface area contributed by atoms with E-state index >= 15 is 0 Å². The first kappa shape index (κ1) is 13.3. The Labute approximate surface area is 97.7 Å². The highest BCUT2D eigenvalue weighted by Gasteiger charge is 2.42. The van der Waals surface area contributed by atoms with E-state index in [4.69, 9.17) is 9.47 Å². The Balaban J connectivity index is 2.21. The van der Waals surface area contributed by atoms with Crippen LogP contribution in [0.3, 0.4) is 0 Å². The maximum Gasteiger partial charge on any atom is 0.407 e. The number of amides is 1. The SMILES string of the molecule is COCCC1(CNC(=O)OC(C)(C)C)CC1. The van der Waals surface area contributed by atoms with Gasteiger partial charge in [-0.15, -0.1) is 0 Å². The topological polar surface area (TPSA) is 47.6 Å². The van der Waals surface area contributed by atoms with Crippen LogP contribution in [0.4, 0.5) is 4.79 Å². The van der Waals surface area contributed by atoms with Crippen molar-refractivity contribution in [3.05, 3.63) is 0 Å². The zero-order valence-corrected chi connectivity index (χ0v) is 10.8. The molecule has 1 aliphatic carbocycles. The third kappa shape index (κ3) is 4.84. The molecule has 0 atom stereocenters. The molecule has 1 N–H and O–H groups in total.